The number of anilines is 1. The van der Waals surface area contributed by atoms with Crippen molar-refractivity contribution in [2.24, 2.45) is 5.92 Å². The molecule has 6 nitrogen and oxygen atoms in total. The molecule has 0 saturated carbocycles. The van der Waals surface area contributed by atoms with Crippen molar-refractivity contribution < 1.29 is 17.6 Å². The van der Waals surface area contributed by atoms with E-state index in [1.54, 1.807) is 19.2 Å². The third-order valence-corrected chi connectivity index (χ3v) is 6.96. The highest BCUT2D eigenvalue weighted by atomic mass is 32.2. The number of aromatic nitrogens is 1. The molecule has 3 aromatic rings. The third kappa shape index (κ3) is 3.87. The highest BCUT2D eigenvalue weighted by Crippen LogP contribution is 2.36. The Morgan fingerprint density at radius 1 is 1.03 bits per heavy atom. The van der Waals surface area contributed by atoms with Crippen LogP contribution in [0.4, 0.5) is 5.88 Å². The molecule has 0 radical (unpaired) electrons. The Bertz CT molecular complexity index is 1070. The Morgan fingerprint density at radius 2 is 1.69 bits per heavy atom. The van der Waals surface area contributed by atoms with Gasteiger partial charge in [-0.3, -0.25) is 0 Å². The number of ether oxygens (including phenoxy) is 1. The van der Waals surface area contributed by atoms with Gasteiger partial charge in [-0.05, 0) is 55.2 Å². The van der Waals surface area contributed by atoms with Crippen LogP contribution >= 0.6 is 0 Å². The zero-order valence-corrected chi connectivity index (χ0v) is 17.4. The van der Waals surface area contributed by atoms with Gasteiger partial charge in [-0.2, -0.15) is 4.98 Å². The molecule has 0 aliphatic carbocycles. The fourth-order valence-electron chi connectivity index (χ4n) is 3.46. The van der Waals surface area contributed by atoms with E-state index in [9.17, 15) is 8.42 Å². The molecule has 1 saturated heterocycles. The number of methoxy groups -OCH3 is 1. The van der Waals surface area contributed by atoms with E-state index >= 15 is 0 Å². The highest BCUT2D eigenvalue weighted by Gasteiger charge is 2.32. The number of piperidine rings is 1. The number of nitrogens with zero attached hydrogens (tertiary/aromatic N) is 2. The fraction of sp³-hybridized carbons (Fsp3) is 0.318. The minimum Gasteiger partial charge on any atom is -0.497 e. The normalized spacial score (nSPS) is 15.4. The zero-order valence-electron chi connectivity index (χ0n) is 16.5. The van der Waals surface area contributed by atoms with Crippen LogP contribution in [-0.2, 0) is 9.84 Å². The van der Waals surface area contributed by atoms with Gasteiger partial charge in [0.05, 0.1) is 12.0 Å². The van der Waals surface area contributed by atoms with Crippen LogP contribution in [0.3, 0.4) is 0 Å². The molecule has 0 unspecified atom stereocenters. The molecule has 4 rings (SSSR count). The fourth-order valence-corrected chi connectivity index (χ4v) is 4.78. The molecular formula is C22H24N2O4S. The van der Waals surface area contributed by atoms with E-state index in [0.29, 0.717) is 23.4 Å². The molecule has 0 spiro atoms. The summed E-state index contributed by atoms with van der Waals surface area (Å²) in [5.74, 6) is 1.85. The molecule has 1 aromatic heterocycles. The van der Waals surface area contributed by atoms with E-state index in [-0.39, 0.29) is 9.92 Å². The monoisotopic (exact) mass is 412 g/mol. The lowest BCUT2D eigenvalue weighted by Gasteiger charge is -2.30. The lowest BCUT2D eigenvalue weighted by atomic mass is 9.99. The van der Waals surface area contributed by atoms with Gasteiger partial charge < -0.3 is 14.1 Å². The third-order valence-electron chi connectivity index (χ3n) is 5.30. The number of benzene rings is 2. The van der Waals surface area contributed by atoms with E-state index in [2.05, 4.69) is 11.9 Å². The first-order valence-electron chi connectivity index (χ1n) is 9.69. The van der Waals surface area contributed by atoms with Crippen molar-refractivity contribution in [1.29, 1.82) is 0 Å². The van der Waals surface area contributed by atoms with Crippen LogP contribution in [0.2, 0.25) is 0 Å². The standard InChI is InChI=1S/C22H24N2O4S/c1-16-12-14-24(15-13-16)22-21(23-20(28-22)17-6-4-3-5-7-17)29(25,26)19-10-8-18(27-2)9-11-19/h3-11,16H,12-15H2,1-2H3. The molecule has 0 amide bonds. The number of rotatable bonds is 5. The van der Waals surface area contributed by atoms with Crippen molar-refractivity contribution in [2.75, 3.05) is 25.1 Å². The van der Waals surface area contributed by atoms with Crippen LogP contribution < -0.4 is 9.64 Å². The summed E-state index contributed by atoms with van der Waals surface area (Å²) in [4.78, 5) is 6.60. The molecule has 0 bridgehead atoms. The summed E-state index contributed by atoms with van der Waals surface area (Å²) in [5, 5.41) is -0.0314. The Morgan fingerprint density at radius 3 is 2.31 bits per heavy atom. The van der Waals surface area contributed by atoms with Gasteiger partial charge in [-0.25, -0.2) is 8.42 Å². The number of hydrogen-bond donors (Lipinski definition) is 0. The summed E-state index contributed by atoms with van der Waals surface area (Å²) in [6.07, 6.45) is 1.98. The van der Waals surface area contributed by atoms with Crippen LogP contribution in [-0.4, -0.2) is 33.6 Å². The Balaban J connectivity index is 1.80. The summed E-state index contributed by atoms with van der Waals surface area (Å²) in [7, 11) is -2.30. The van der Waals surface area contributed by atoms with Gasteiger partial charge in [0.2, 0.25) is 26.6 Å². The van der Waals surface area contributed by atoms with Gasteiger partial charge in [0.1, 0.15) is 5.75 Å². The molecular weight excluding hydrogens is 388 g/mol. The topological polar surface area (TPSA) is 72.6 Å². The summed E-state index contributed by atoms with van der Waals surface area (Å²) in [5.41, 5.74) is 0.746. The quantitative estimate of drug-likeness (QED) is 0.618. The second-order valence-corrected chi connectivity index (χ2v) is 9.21. The SMILES string of the molecule is COc1ccc(S(=O)(=O)c2nc(-c3ccccc3)oc2N2CCC(C)CC2)cc1. The van der Waals surface area contributed by atoms with E-state index in [4.69, 9.17) is 9.15 Å². The van der Waals surface area contributed by atoms with Gasteiger partial charge in [0, 0.05) is 18.7 Å². The summed E-state index contributed by atoms with van der Waals surface area (Å²) in [6, 6.07) is 15.7. The molecule has 1 aliphatic rings. The van der Waals surface area contributed by atoms with Crippen LogP contribution in [0.1, 0.15) is 19.8 Å². The van der Waals surface area contributed by atoms with Crippen molar-refractivity contribution in [3.63, 3.8) is 0 Å². The summed E-state index contributed by atoms with van der Waals surface area (Å²) in [6.45, 7) is 3.70. The van der Waals surface area contributed by atoms with Crippen LogP contribution in [0.15, 0.2) is 68.9 Å². The maximum atomic E-state index is 13.4. The van der Waals surface area contributed by atoms with E-state index < -0.39 is 9.84 Å². The molecule has 7 heteroatoms. The van der Waals surface area contributed by atoms with Gasteiger partial charge >= 0.3 is 0 Å². The predicted octanol–water partition coefficient (Wildman–Crippen LogP) is 4.42. The average molecular weight is 413 g/mol. The maximum absolute atomic E-state index is 13.4. The molecule has 0 N–H and O–H groups in total. The zero-order chi connectivity index (χ0) is 20.4. The van der Waals surface area contributed by atoms with E-state index in [1.807, 2.05) is 35.2 Å². The van der Waals surface area contributed by atoms with E-state index in [0.717, 1.165) is 31.5 Å². The van der Waals surface area contributed by atoms with Crippen LogP contribution in [0.5, 0.6) is 5.75 Å². The molecule has 0 atom stereocenters. The minimum absolute atomic E-state index is 0.0314. The number of sulfone groups is 1. The Hall–Kier alpha value is -2.80. The summed E-state index contributed by atoms with van der Waals surface area (Å²) >= 11 is 0. The maximum Gasteiger partial charge on any atom is 0.236 e. The minimum atomic E-state index is -3.85. The van der Waals surface area contributed by atoms with Crippen molar-refractivity contribution in [3.05, 3.63) is 54.6 Å². The summed E-state index contributed by atoms with van der Waals surface area (Å²) < 4.78 is 38.0. The van der Waals surface area contributed by atoms with Gasteiger partial charge in [0.15, 0.2) is 0 Å². The van der Waals surface area contributed by atoms with Crippen molar-refractivity contribution >= 4 is 15.7 Å². The highest BCUT2D eigenvalue weighted by molar-refractivity contribution is 7.91. The molecule has 29 heavy (non-hydrogen) atoms. The Kier molecular flexibility index (Phi) is 5.32. The molecule has 1 fully saturated rings. The first-order valence-corrected chi connectivity index (χ1v) is 11.2. The van der Waals surface area contributed by atoms with Crippen molar-refractivity contribution in [2.45, 2.75) is 29.7 Å². The first kappa shape index (κ1) is 19.5. The number of oxazole rings is 1. The van der Waals surface area contributed by atoms with E-state index in [1.165, 1.54) is 12.1 Å². The van der Waals surface area contributed by atoms with Crippen LogP contribution in [0.25, 0.3) is 11.5 Å². The van der Waals surface area contributed by atoms with Crippen molar-refractivity contribution in [1.82, 2.24) is 4.98 Å². The number of hydrogen-bond acceptors (Lipinski definition) is 6. The Labute approximate surface area is 171 Å². The van der Waals surface area contributed by atoms with Gasteiger partial charge in [0.25, 0.3) is 0 Å². The lowest BCUT2D eigenvalue weighted by molar-refractivity contribution is 0.414. The molecule has 2 heterocycles. The molecule has 152 valence electrons. The van der Waals surface area contributed by atoms with Crippen LogP contribution in [0, 0.1) is 5.92 Å². The predicted molar refractivity (Wildman–Crippen MR) is 111 cm³/mol. The molecule has 1 aliphatic heterocycles. The smallest absolute Gasteiger partial charge is 0.236 e. The van der Waals surface area contributed by atoms with Gasteiger partial charge in [-0.1, -0.05) is 25.1 Å². The second kappa shape index (κ2) is 7.91. The van der Waals surface area contributed by atoms with Gasteiger partial charge in [-0.15, -0.1) is 0 Å². The second-order valence-electron chi connectivity index (χ2n) is 7.34. The average Bonchev–Trinajstić information content (AvgIpc) is 3.21. The largest absolute Gasteiger partial charge is 0.497 e. The first-order chi connectivity index (χ1) is 14.0. The molecule has 2 aromatic carbocycles. The van der Waals surface area contributed by atoms with Crippen molar-refractivity contribution in [3.8, 4) is 17.2 Å². The lowest BCUT2D eigenvalue weighted by Crippen LogP contribution is -2.33.